The molecule has 0 aliphatic carbocycles. The Bertz CT molecular complexity index is 733. The third-order valence-electron chi connectivity index (χ3n) is 2.78. The van der Waals surface area contributed by atoms with Gasteiger partial charge in [-0.05, 0) is 29.1 Å². The van der Waals surface area contributed by atoms with Crippen LogP contribution in [0.15, 0.2) is 48.0 Å². The van der Waals surface area contributed by atoms with E-state index in [2.05, 4.69) is 4.98 Å². The highest BCUT2D eigenvalue weighted by Crippen LogP contribution is 2.30. The van der Waals surface area contributed by atoms with Crippen molar-refractivity contribution in [2.45, 2.75) is 0 Å². The molecule has 3 rings (SSSR count). The second-order valence-corrected chi connectivity index (χ2v) is 4.80. The van der Waals surface area contributed by atoms with Crippen LogP contribution in [0.4, 0.5) is 0 Å². The molecule has 0 unspecified atom stereocenters. The summed E-state index contributed by atoms with van der Waals surface area (Å²) in [5.74, 6) is -0.888. The van der Waals surface area contributed by atoms with Gasteiger partial charge in [0.1, 0.15) is 4.88 Å². The Morgan fingerprint density at radius 3 is 2.94 bits per heavy atom. The van der Waals surface area contributed by atoms with Crippen LogP contribution in [0.1, 0.15) is 9.67 Å². The monoisotopic (exact) mass is 255 g/mol. The number of thiophene rings is 1. The van der Waals surface area contributed by atoms with Crippen LogP contribution in [0.3, 0.4) is 0 Å². The zero-order chi connectivity index (χ0) is 12.5. The maximum absolute atomic E-state index is 11.1. The van der Waals surface area contributed by atoms with E-state index in [4.69, 9.17) is 5.11 Å². The molecule has 1 aromatic carbocycles. The number of hydrogen-bond acceptors (Lipinski definition) is 3. The van der Waals surface area contributed by atoms with Gasteiger partial charge in [-0.25, -0.2) is 4.79 Å². The number of nitrogens with zero attached hydrogens (tertiary/aromatic N) is 1. The van der Waals surface area contributed by atoms with Gasteiger partial charge in [-0.2, -0.15) is 0 Å². The Labute approximate surface area is 107 Å². The van der Waals surface area contributed by atoms with Crippen molar-refractivity contribution in [3.05, 3.63) is 52.9 Å². The Balaban J connectivity index is 2.19. The summed E-state index contributed by atoms with van der Waals surface area (Å²) in [6.07, 6.45) is 1.73. The van der Waals surface area contributed by atoms with Crippen LogP contribution in [-0.4, -0.2) is 16.1 Å². The van der Waals surface area contributed by atoms with Crippen LogP contribution in [0.2, 0.25) is 0 Å². The zero-order valence-corrected chi connectivity index (χ0v) is 10.1. The summed E-state index contributed by atoms with van der Waals surface area (Å²) in [4.78, 5) is 15.8. The predicted molar refractivity (Wildman–Crippen MR) is 72.0 cm³/mol. The molecule has 0 bridgehead atoms. The summed E-state index contributed by atoms with van der Waals surface area (Å²) in [5, 5.41) is 12.0. The third kappa shape index (κ3) is 1.76. The van der Waals surface area contributed by atoms with Crippen LogP contribution in [0.25, 0.3) is 22.0 Å². The first kappa shape index (κ1) is 10.9. The summed E-state index contributed by atoms with van der Waals surface area (Å²) in [6.45, 7) is 0. The number of benzene rings is 1. The van der Waals surface area contributed by atoms with E-state index < -0.39 is 5.97 Å². The van der Waals surface area contributed by atoms with Crippen LogP contribution in [0, 0.1) is 0 Å². The van der Waals surface area contributed by atoms with Gasteiger partial charge in [0.15, 0.2) is 0 Å². The van der Waals surface area contributed by atoms with Crippen molar-refractivity contribution in [2.75, 3.05) is 0 Å². The summed E-state index contributed by atoms with van der Waals surface area (Å²) < 4.78 is 0. The minimum atomic E-state index is -0.888. The number of hydrogen-bond donors (Lipinski definition) is 1. The first-order valence-corrected chi connectivity index (χ1v) is 6.29. The number of carbonyl (C=O) groups is 1. The normalized spacial score (nSPS) is 10.7. The predicted octanol–water partition coefficient (Wildman–Crippen LogP) is 3.66. The number of carboxylic acids is 1. The first-order chi connectivity index (χ1) is 8.75. The highest BCUT2D eigenvalue weighted by molar-refractivity contribution is 7.12. The topological polar surface area (TPSA) is 50.2 Å². The maximum atomic E-state index is 11.1. The van der Waals surface area contributed by atoms with Crippen molar-refractivity contribution in [1.82, 2.24) is 4.98 Å². The average molecular weight is 255 g/mol. The molecule has 4 heteroatoms. The Morgan fingerprint density at radius 1 is 1.22 bits per heavy atom. The highest BCUT2D eigenvalue weighted by Gasteiger charge is 2.13. The average Bonchev–Trinajstić information content (AvgIpc) is 2.87. The lowest BCUT2D eigenvalue weighted by molar-refractivity contribution is 0.0703. The SMILES string of the molecule is O=C(O)c1sccc1-c1ccc2cccnc2c1. The molecular formula is C14H9NO2S. The van der Waals surface area contributed by atoms with E-state index >= 15 is 0 Å². The largest absolute Gasteiger partial charge is 0.477 e. The molecule has 3 aromatic rings. The molecule has 0 atom stereocenters. The number of aromatic carboxylic acids is 1. The van der Waals surface area contributed by atoms with E-state index in [-0.39, 0.29) is 0 Å². The van der Waals surface area contributed by atoms with E-state index in [0.717, 1.165) is 22.0 Å². The highest BCUT2D eigenvalue weighted by atomic mass is 32.1. The molecule has 1 N–H and O–H groups in total. The number of rotatable bonds is 2. The lowest BCUT2D eigenvalue weighted by atomic mass is 10.0. The van der Waals surface area contributed by atoms with Gasteiger partial charge in [0, 0.05) is 17.1 Å². The van der Waals surface area contributed by atoms with E-state index in [0.29, 0.717) is 4.88 Å². The van der Waals surface area contributed by atoms with Gasteiger partial charge in [-0.3, -0.25) is 4.98 Å². The van der Waals surface area contributed by atoms with Gasteiger partial charge in [0.25, 0.3) is 0 Å². The van der Waals surface area contributed by atoms with E-state index in [1.54, 1.807) is 11.6 Å². The zero-order valence-electron chi connectivity index (χ0n) is 9.33. The second kappa shape index (κ2) is 4.23. The van der Waals surface area contributed by atoms with Gasteiger partial charge < -0.3 is 5.11 Å². The van der Waals surface area contributed by atoms with Crippen LogP contribution >= 0.6 is 11.3 Å². The minimum Gasteiger partial charge on any atom is -0.477 e. The van der Waals surface area contributed by atoms with Crippen molar-refractivity contribution >= 4 is 28.2 Å². The maximum Gasteiger partial charge on any atom is 0.346 e. The fraction of sp³-hybridized carbons (Fsp3) is 0. The molecule has 88 valence electrons. The molecule has 18 heavy (non-hydrogen) atoms. The molecule has 0 aliphatic rings. The Morgan fingerprint density at radius 2 is 2.11 bits per heavy atom. The van der Waals surface area contributed by atoms with Crippen molar-refractivity contribution < 1.29 is 9.90 Å². The molecule has 0 aliphatic heterocycles. The standard InChI is InChI=1S/C14H9NO2S/c16-14(17)13-11(5-7-18-13)10-4-3-9-2-1-6-15-12(9)8-10/h1-8H,(H,16,17). The van der Waals surface area contributed by atoms with Crippen molar-refractivity contribution in [3.63, 3.8) is 0 Å². The second-order valence-electron chi connectivity index (χ2n) is 3.88. The molecule has 2 aromatic heterocycles. The number of aromatic nitrogens is 1. The number of carboxylic acid groups (broad SMARTS) is 1. The van der Waals surface area contributed by atoms with Crippen molar-refractivity contribution in [2.24, 2.45) is 0 Å². The third-order valence-corrected chi connectivity index (χ3v) is 3.68. The Hall–Kier alpha value is -2.20. The minimum absolute atomic E-state index is 0.366. The number of pyridine rings is 1. The van der Waals surface area contributed by atoms with Crippen LogP contribution in [0.5, 0.6) is 0 Å². The summed E-state index contributed by atoms with van der Waals surface area (Å²) >= 11 is 1.24. The molecule has 0 spiro atoms. The van der Waals surface area contributed by atoms with Crippen molar-refractivity contribution in [1.29, 1.82) is 0 Å². The van der Waals surface area contributed by atoms with Gasteiger partial charge in [0.05, 0.1) is 5.52 Å². The quantitative estimate of drug-likeness (QED) is 0.760. The summed E-state index contributed by atoms with van der Waals surface area (Å²) in [5.41, 5.74) is 2.51. The first-order valence-electron chi connectivity index (χ1n) is 5.41. The smallest absolute Gasteiger partial charge is 0.346 e. The Kier molecular flexibility index (Phi) is 2.57. The van der Waals surface area contributed by atoms with E-state index in [1.807, 2.05) is 36.4 Å². The molecule has 0 amide bonds. The molecule has 3 nitrogen and oxygen atoms in total. The van der Waals surface area contributed by atoms with Gasteiger partial charge in [0.2, 0.25) is 0 Å². The fourth-order valence-electron chi connectivity index (χ4n) is 1.94. The van der Waals surface area contributed by atoms with Crippen LogP contribution in [-0.2, 0) is 0 Å². The van der Waals surface area contributed by atoms with Gasteiger partial charge >= 0.3 is 5.97 Å². The summed E-state index contributed by atoms with van der Waals surface area (Å²) in [6, 6.07) is 11.5. The lowest BCUT2D eigenvalue weighted by Gasteiger charge is -2.02. The molecular weight excluding hydrogens is 246 g/mol. The molecule has 0 saturated heterocycles. The summed E-state index contributed by atoms with van der Waals surface area (Å²) in [7, 11) is 0. The van der Waals surface area contributed by atoms with E-state index in [1.165, 1.54) is 11.3 Å². The van der Waals surface area contributed by atoms with Gasteiger partial charge in [-0.1, -0.05) is 18.2 Å². The molecule has 0 fully saturated rings. The van der Waals surface area contributed by atoms with Crippen LogP contribution < -0.4 is 0 Å². The van der Waals surface area contributed by atoms with E-state index in [9.17, 15) is 4.79 Å². The van der Waals surface area contributed by atoms with Crippen molar-refractivity contribution in [3.8, 4) is 11.1 Å². The molecule has 0 radical (unpaired) electrons. The lowest BCUT2D eigenvalue weighted by Crippen LogP contribution is -1.94. The van der Waals surface area contributed by atoms with Gasteiger partial charge in [-0.15, -0.1) is 11.3 Å². The fourth-order valence-corrected chi connectivity index (χ4v) is 2.69. The molecule has 0 saturated carbocycles. The number of fused-ring (bicyclic) bond motifs is 1. The molecule has 2 heterocycles.